The molecule has 6 nitrogen and oxygen atoms in total. The lowest BCUT2D eigenvalue weighted by Gasteiger charge is -2.05. The van der Waals surface area contributed by atoms with Gasteiger partial charge in [0.15, 0.2) is 5.69 Å². The number of hydrogen-bond donors (Lipinski definition) is 3. The third-order valence-corrected chi connectivity index (χ3v) is 3.24. The van der Waals surface area contributed by atoms with E-state index in [1.807, 2.05) is 12.1 Å². The molecule has 0 aliphatic rings. The Morgan fingerprint density at radius 1 is 1.23 bits per heavy atom. The molecular formula is C16H20N4O2. The second kappa shape index (κ2) is 7.40. The highest BCUT2D eigenvalue weighted by atomic mass is 16.2. The highest BCUT2D eigenvalue weighted by Gasteiger charge is 2.10. The van der Waals surface area contributed by atoms with Crippen LogP contribution in [0, 0.1) is 0 Å². The van der Waals surface area contributed by atoms with Crippen LogP contribution in [0.3, 0.4) is 0 Å². The maximum absolute atomic E-state index is 12.1. The first-order valence-electron chi connectivity index (χ1n) is 7.27. The lowest BCUT2D eigenvalue weighted by molar-refractivity contribution is -0.119. The van der Waals surface area contributed by atoms with Crippen molar-refractivity contribution >= 4 is 17.5 Å². The number of aryl methyl sites for hydroxylation is 1. The molecule has 6 heteroatoms. The van der Waals surface area contributed by atoms with Crippen molar-refractivity contribution in [1.82, 2.24) is 15.5 Å². The first-order chi connectivity index (χ1) is 10.6. The summed E-state index contributed by atoms with van der Waals surface area (Å²) < 4.78 is 0. The number of nitrogens with one attached hydrogen (secondary N) is 3. The summed E-state index contributed by atoms with van der Waals surface area (Å²) in [5.41, 5.74) is 2.89. The fraction of sp³-hybridized carbons (Fsp3) is 0.312. The number of H-pyrrole nitrogens is 1. The smallest absolute Gasteiger partial charge is 0.276 e. The minimum Gasteiger partial charge on any atom is -0.359 e. The molecule has 116 valence electrons. The molecule has 0 fully saturated rings. The molecule has 22 heavy (non-hydrogen) atoms. The quantitative estimate of drug-likeness (QED) is 0.761. The molecule has 1 aromatic carbocycles. The number of nitrogens with zero attached hydrogens (tertiary/aromatic N) is 1. The summed E-state index contributed by atoms with van der Waals surface area (Å²) in [4.78, 5) is 23.4. The maximum Gasteiger partial charge on any atom is 0.276 e. The van der Waals surface area contributed by atoms with Crippen molar-refractivity contribution in [3.8, 4) is 0 Å². The predicted molar refractivity (Wildman–Crippen MR) is 84.7 cm³/mol. The second-order valence-electron chi connectivity index (χ2n) is 5.03. The minimum atomic E-state index is -0.252. The van der Waals surface area contributed by atoms with Crippen molar-refractivity contribution in [3.05, 3.63) is 47.3 Å². The zero-order chi connectivity index (χ0) is 15.9. The minimum absolute atomic E-state index is 0.0447. The van der Waals surface area contributed by atoms with Crippen LogP contribution in [-0.4, -0.2) is 29.1 Å². The molecule has 0 atom stereocenters. The number of carbonyl (C=O) groups is 2. The largest absolute Gasteiger partial charge is 0.359 e. The Hall–Kier alpha value is -2.63. The third-order valence-electron chi connectivity index (χ3n) is 3.24. The molecule has 0 radical (unpaired) electrons. The lowest BCUT2D eigenvalue weighted by atomic mass is 10.1. The summed E-state index contributed by atoms with van der Waals surface area (Å²) in [7, 11) is 1.60. The summed E-state index contributed by atoms with van der Waals surface area (Å²) in [6.45, 7) is 2.07. The summed E-state index contributed by atoms with van der Waals surface area (Å²) in [6.07, 6.45) is 2.19. The van der Waals surface area contributed by atoms with Crippen LogP contribution < -0.4 is 10.6 Å². The van der Waals surface area contributed by atoms with Gasteiger partial charge >= 0.3 is 0 Å². The van der Waals surface area contributed by atoms with Gasteiger partial charge in [0, 0.05) is 18.4 Å². The average Bonchev–Trinajstić information content (AvgIpc) is 2.98. The van der Waals surface area contributed by atoms with Crippen LogP contribution in [0.4, 0.5) is 5.69 Å². The molecule has 2 amide bonds. The topological polar surface area (TPSA) is 86.9 Å². The fourth-order valence-corrected chi connectivity index (χ4v) is 2.05. The average molecular weight is 300 g/mol. The monoisotopic (exact) mass is 300 g/mol. The van der Waals surface area contributed by atoms with Crippen LogP contribution in [0.2, 0.25) is 0 Å². The molecule has 0 saturated heterocycles. The molecule has 2 aromatic rings. The van der Waals surface area contributed by atoms with E-state index in [1.54, 1.807) is 25.2 Å². The van der Waals surface area contributed by atoms with E-state index < -0.39 is 0 Å². The van der Waals surface area contributed by atoms with Gasteiger partial charge in [0.2, 0.25) is 5.91 Å². The van der Waals surface area contributed by atoms with E-state index >= 15 is 0 Å². The molecule has 3 N–H and O–H groups in total. The zero-order valence-corrected chi connectivity index (χ0v) is 12.8. The van der Waals surface area contributed by atoms with Gasteiger partial charge in [-0.2, -0.15) is 5.10 Å². The highest BCUT2D eigenvalue weighted by Crippen LogP contribution is 2.12. The van der Waals surface area contributed by atoms with Crippen LogP contribution >= 0.6 is 0 Å². The Balaban J connectivity index is 1.97. The van der Waals surface area contributed by atoms with E-state index in [0.29, 0.717) is 17.8 Å². The van der Waals surface area contributed by atoms with Gasteiger partial charge in [0.25, 0.3) is 5.91 Å². The summed E-state index contributed by atoms with van der Waals surface area (Å²) in [5.74, 6) is -0.297. The number of anilines is 1. The van der Waals surface area contributed by atoms with Crippen molar-refractivity contribution in [1.29, 1.82) is 0 Å². The Bertz CT molecular complexity index is 646. The summed E-state index contributed by atoms with van der Waals surface area (Å²) in [6, 6.07) is 8.94. The molecule has 0 aliphatic carbocycles. The lowest BCUT2D eigenvalue weighted by Crippen LogP contribution is -2.19. The van der Waals surface area contributed by atoms with Crippen LogP contribution in [0.1, 0.15) is 35.1 Å². The van der Waals surface area contributed by atoms with Gasteiger partial charge in [-0.25, -0.2) is 0 Å². The third kappa shape index (κ3) is 4.18. The molecule has 1 heterocycles. The van der Waals surface area contributed by atoms with Crippen molar-refractivity contribution in [3.63, 3.8) is 0 Å². The summed E-state index contributed by atoms with van der Waals surface area (Å²) >= 11 is 0. The number of rotatable bonds is 6. The van der Waals surface area contributed by atoms with Crippen LogP contribution in [0.15, 0.2) is 30.3 Å². The molecular weight excluding hydrogens is 280 g/mol. The Kier molecular flexibility index (Phi) is 5.30. The predicted octanol–water partition coefficient (Wildman–Crippen LogP) is 1.90. The number of hydrogen-bond acceptors (Lipinski definition) is 3. The van der Waals surface area contributed by atoms with Crippen LogP contribution in [0.5, 0.6) is 0 Å². The highest BCUT2D eigenvalue weighted by molar-refractivity contribution is 6.02. The van der Waals surface area contributed by atoms with Gasteiger partial charge in [-0.15, -0.1) is 0 Å². The SMILES string of the molecule is CCCc1cc(C(=O)Nc2ccc(CC(=O)NC)cc2)n[nH]1. The van der Waals surface area contributed by atoms with E-state index in [1.165, 1.54) is 0 Å². The molecule has 0 unspecified atom stereocenters. The molecule has 0 aliphatic heterocycles. The Morgan fingerprint density at radius 3 is 2.59 bits per heavy atom. The molecule has 0 spiro atoms. The van der Waals surface area contributed by atoms with Gasteiger partial charge in [0.05, 0.1) is 6.42 Å². The number of carbonyl (C=O) groups excluding carboxylic acids is 2. The number of aromatic nitrogens is 2. The van der Waals surface area contributed by atoms with Gasteiger partial charge in [-0.05, 0) is 30.2 Å². The standard InChI is InChI=1S/C16H20N4O2/c1-3-4-13-10-14(20-19-13)16(22)18-12-7-5-11(6-8-12)9-15(21)17-2/h5-8,10H,3-4,9H2,1-2H3,(H,17,21)(H,18,22)(H,19,20). The molecule has 0 bridgehead atoms. The van der Waals surface area contributed by atoms with Crippen molar-refractivity contribution < 1.29 is 9.59 Å². The number of likely N-dealkylation sites (N-methyl/N-ethyl adjacent to an activating group) is 1. The van der Waals surface area contributed by atoms with E-state index in [0.717, 1.165) is 24.1 Å². The molecule has 1 aromatic heterocycles. The van der Waals surface area contributed by atoms with Gasteiger partial charge in [0.1, 0.15) is 0 Å². The van der Waals surface area contributed by atoms with E-state index in [2.05, 4.69) is 27.8 Å². The van der Waals surface area contributed by atoms with Gasteiger partial charge in [-0.1, -0.05) is 25.5 Å². The fourth-order valence-electron chi connectivity index (χ4n) is 2.05. The van der Waals surface area contributed by atoms with Crippen LogP contribution in [0.25, 0.3) is 0 Å². The number of amides is 2. The van der Waals surface area contributed by atoms with E-state index in [4.69, 9.17) is 0 Å². The normalized spacial score (nSPS) is 10.3. The van der Waals surface area contributed by atoms with Crippen molar-refractivity contribution in [2.24, 2.45) is 0 Å². The van der Waals surface area contributed by atoms with Crippen molar-refractivity contribution in [2.45, 2.75) is 26.2 Å². The van der Waals surface area contributed by atoms with Gasteiger partial charge < -0.3 is 10.6 Å². The second-order valence-corrected chi connectivity index (χ2v) is 5.03. The molecule has 2 rings (SSSR count). The van der Waals surface area contributed by atoms with Crippen molar-refractivity contribution in [2.75, 3.05) is 12.4 Å². The zero-order valence-electron chi connectivity index (χ0n) is 12.8. The number of aromatic amines is 1. The first-order valence-corrected chi connectivity index (χ1v) is 7.27. The number of benzene rings is 1. The Labute approximate surface area is 129 Å². The van der Waals surface area contributed by atoms with Crippen LogP contribution in [-0.2, 0) is 17.6 Å². The molecule has 0 saturated carbocycles. The van der Waals surface area contributed by atoms with E-state index in [-0.39, 0.29) is 11.8 Å². The van der Waals surface area contributed by atoms with E-state index in [9.17, 15) is 9.59 Å². The van der Waals surface area contributed by atoms with Gasteiger partial charge in [-0.3, -0.25) is 14.7 Å². The summed E-state index contributed by atoms with van der Waals surface area (Å²) in [5, 5.41) is 12.2. The first kappa shape index (κ1) is 15.8. The maximum atomic E-state index is 12.1. The Morgan fingerprint density at radius 2 is 1.95 bits per heavy atom.